The second-order valence-corrected chi connectivity index (χ2v) is 6.29. The molecule has 1 aliphatic heterocycles. The maximum atomic E-state index is 12.9. The number of amides is 1. The molecule has 20 heavy (non-hydrogen) atoms. The number of para-hydroxylation sites is 1. The molecule has 3 nitrogen and oxygen atoms in total. The summed E-state index contributed by atoms with van der Waals surface area (Å²) in [6.07, 6.45) is 6.07. The number of nitrogens with two attached hydrogens (primary N) is 1. The zero-order valence-corrected chi connectivity index (χ0v) is 12.3. The van der Waals surface area contributed by atoms with Crippen LogP contribution in [-0.4, -0.2) is 18.5 Å². The van der Waals surface area contributed by atoms with E-state index >= 15 is 0 Å². The Morgan fingerprint density at radius 2 is 2.00 bits per heavy atom. The quantitative estimate of drug-likeness (QED) is 0.854. The molecule has 0 spiro atoms. The lowest BCUT2D eigenvalue weighted by Crippen LogP contribution is -2.42. The molecule has 108 valence electrons. The third-order valence-electron chi connectivity index (χ3n) is 4.81. The molecule has 2 N–H and O–H groups in total. The molecule has 0 bridgehead atoms. The summed E-state index contributed by atoms with van der Waals surface area (Å²) >= 11 is 0. The Bertz CT molecular complexity index is 504. The zero-order valence-electron chi connectivity index (χ0n) is 12.3. The van der Waals surface area contributed by atoms with E-state index in [1.54, 1.807) is 0 Å². The van der Waals surface area contributed by atoms with Gasteiger partial charge in [0.2, 0.25) is 5.91 Å². The number of benzene rings is 1. The van der Waals surface area contributed by atoms with Crippen molar-refractivity contribution in [1.29, 1.82) is 0 Å². The van der Waals surface area contributed by atoms with Crippen LogP contribution < -0.4 is 10.6 Å². The average Bonchev–Trinajstić information content (AvgIpc) is 2.47. The van der Waals surface area contributed by atoms with Gasteiger partial charge in [0.1, 0.15) is 0 Å². The fourth-order valence-corrected chi connectivity index (χ4v) is 3.65. The number of nitrogens with zero attached hydrogens (tertiary/aromatic N) is 1. The normalized spacial score (nSPS) is 26.2. The lowest BCUT2D eigenvalue weighted by molar-refractivity contribution is -0.123. The van der Waals surface area contributed by atoms with Gasteiger partial charge in [0.05, 0.1) is 0 Å². The van der Waals surface area contributed by atoms with Crippen molar-refractivity contribution < 1.29 is 4.79 Å². The molecule has 0 aromatic heterocycles. The Balaban J connectivity index is 1.83. The highest BCUT2D eigenvalue weighted by Crippen LogP contribution is 2.34. The maximum absolute atomic E-state index is 12.9. The molecular formula is C17H24N2O. The van der Waals surface area contributed by atoms with E-state index in [9.17, 15) is 4.79 Å². The van der Waals surface area contributed by atoms with Crippen molar-refractivity contribution >= 4 is 11.6 Å². The Morgan fingerprint density at radius 3 is 2.75 bits per heavy atom. The second kappa shape index (κ2) is 5.57. The summed E-state index contributed by atoms with van der Waals surface area (Å²) in [6, 6.07) is 6.68. The van der Waals surface area contributed by atoms with Crippen LogP contribution in [0.4, 0.5) is 5.69 Å². The Labute approximate surface area is 121 Å². The molecule has 0 unspecified atom stereocenters. The summed E-state index contributed by atoms with van der Waals surface area (Å²) in [5.41, 5.74) is 9.69. The number of hydrogen-bond acceptors (Lipinski definition) is 2. The summed E-state index contributed by atoms with van der Waals surface area (Å²) in [7, 11) is 0. The molecule has 1 aromatic rings. The first-order chi connectivity index (χ1) is 9.66. The smallest absolute Gasteiger partial charge is 0.230 e. The largest absolute Gasteiger partial charge is 0.328 e. The molecule has 1 aliphatic carbocycles. The number of carbonyl (C=O) groups excluding carboxylic acids is 1. The van der Waals surface area contributed by atoms with E-state index in [1.165, 1.54) is 16.8 Å². The van der Waals surface area contributed by atoms with Crippen LogP contribution in [0.15, 0.2) is 18.2 Å². The first kappa shape index (κ1) is 13.6. The van der Waals surface area contributed by atoms with Crippen molar-refractivity contribution in [2.75, 3.05) is 11.4 Å². The van der Waals surface area contributed by atoms with Crippen molar-refractivity contribution in [3.63, 3.8) is 0 Å². The van der Waals surface area contributed by atoms with Gasteiger partial charge >= 0.3 is 0 Å². The van der Waals surface area contributed by atoms with E-state index in [-0.39, 0.29) is 5.92 Å². The standard InChI is InChI=1S/C17H24N2O/c1-12-4-2-5-13-6-3-11-19(16(12)13)17(20)14-7-9-15(18)10-8-14/h2,4-5,14-15H,3,6-11,18H2,1H3. The van der Waals surface area contributed by atoms with Gasteiger partial charge in [-0.3, -0.25) is 4.79 Å². The van der Waals surface area contributed by atoms with Gasteiger partial charge in [-0.15, -0.1) is 0 Å². The van der Waals surface area contributed by atoms with E-state index in [0.717, 1.165) is 45.1 Å². The zero-order chi connectivity index (χ0) is 14.1. The van der Waals surface area contributed by atoms with E-state index in [0.29, 0.717) is 11.9 Å². The predicted octanol–water partition coefficient (Wildman–Crippen LogP) is 2.79. The fourth-order valence-electron chi connectivity index (χ4n) is 3.65. The topological polar surface area (TPSA) is 46.3 Å². The molecule has 1 aromatic carbocycles. The van der Waals surface area contributed by atoms with Gasteiger partial charge in [-0.25, -0.2) is 0 Å². The van der Waals surface area contributed by atoms with E-state index in [4.69, 9.17) is 5.73 Å². The lowest BCUT2D eigenvalue weighted by Gasteiger charge is -2.35. The highest BCUT2D eigenvalue weighted by atomic mass is 16.2. The fraction of sp³-hybridized carbons (Fsp3) is 0.588. The van der Waals surface area contributed by atoms with Crippen molar-refractivity contribution in [1.82, 2.24) is 0 Å². The highest BCUT2D eigenvalue weighted by Gasteiger charge is 2.31. The van der Waals surface area contributed by atoms with Gasteiger partial charge in [-0.2, -0.15) is 0 Å². The van der Waals surface area contributed by atoms with Gasteiger partial charge in [0, 0.05) is 24.2 Å². The summed E-state index contributed by atoms with van der Waals surface area (Å²) in [5.74, 6) is 0.507. The van der Waals surface area contributed by atoms with Gasteiger partial charge < -0.3 is 10.6 Å². The summed E-state index contributed by atoms with van der Waals surface area (Å²) in [4.78, 5) is 14.9. The molecule has 0 atom stereocenters. The number of carbonyl (C=O) groups is 1. The van der Waals surface area contributed by atoms with Gasteiger partial charge in [-0.05, 0) is 56.6 Å². The van der Waals surface area contributed by atoms with Crippen LogP contribution in [0.3, 0.4) is 0 Å². The van der Waals surface area contributed by atoms with Gasteiger partial charge in [-0.1, -0.05) is 18.2 Å². The first-order valence-corrected chi connectivity index (χ1v) is 7.82. The van der Waals surface area contributed by atoms with Crippen LogP contribution in [-0.2, 0) is 11.2 Å². The molecular weight excluding hydrogens is 248 g/mol. The van der Waals surface area contributed by atoms with Crippen molar-refractivity contribution in [3.8, 4) is 0 Å². The number of anilines is 1. The average molecular weight is 272 g/mol. The third kappa shape index (κ3) is 2.47. The molecule has 0 radical (unpaired) electrons. The monoisotopic (exact) mass is 272 g/mol. The van der Waals surface area contributed by atoms with Crippen LogP contribution in [0, 0.1) is 12.8 Å². The molecule has 1 amide bonds. The SMILES string of the molecule is Cc1cccc2c1N(C(=O)C1CCC(N)CC1)CCC2. The van der Waals surface area contributed by atoms with E-state index < -0.39 is 0 Å². The summed E-state index contributed by atoms with van der Waals surface area (Å²) in [5, 5.41) is 0. The number of hydrogen-bond donors (Lipinski definition) is 1. The molecule has 1 saturated carbocycles. The van der Waals surface area contributed by atoms with Crippen LogP contribution >= 0.6 is 0 Å². The highest BCUT2D eigenvalue weighted by molar-refractivity contribution is 5.97. The number of aryl methyl sites for hydroxylation is 2. The van der Waals surface area contributed by atoms with Crippen molar-refractivity contribution in [3.05, 3.63) is 29.3 Å². The van der Waals surface area contributed by atoms with Crippen molar-refractivity contribution in [2.24, 2.45) is 11.7 Å². The van der Waals surface area contributed by atoms with Crippen molar-refractivity contribution in [2.45, 2.75) is 51.5 Å². The Kier molecular flexibility index (Phi) is 3.79. The van der Waals surface area contributed by atoms with Crippen LogP contribution in [0.2, 0.25) is 0 Å². The molecule has 3 rings (SSSR count). The Hall–Kier alpha value is -1.35. The maximum Gasteiger partial charge on any atom is 0.230 e. The Morgan fingerprint density at radius 1 is 1.25 bits per heavy atom. The predicted molar refractivity (Wildman–Crippen MR) is 81.8 cm³/mol. The molecule has 3 heteroatoms. The van der Waals surface area contributed by atoms with Crippen LogP contribution in [0.5, 0.6) is 0 Å². The van der Waals surface area contributed by atoms with Crippen LogP contribution in [0.1, 0.15) is 43.2 Å². The molecule has 0 saturated heterocycles. The molecule has 1 heterocycles. The van der Waals surface area contributed by atoms with Gasteiger partial charge in [0.15, 0.2) is 0 Å². The summed E-state index contributed by atoms with van der Waals surface area (Å²) in [6.45, 7) is 2.99. The molecule has 2 aliphatic rings. The lowest BCUT2D eigenvalue weighted by atomic mass is 9.85. The van der Waals surface area contributed by atoms with Crippen LogP contribution in [0.25, 0.3) is 0 Å². The van der Waals surface area contributed by atoms with Gasteiger partial charge in [0.25, 0.3) is 0 Å². The summed E-state index contributed by atoms with van der Waals surface area (Å²) < 4.78 is 0. The molecule has 1 fully saturated rings. The minimum Gasteiger partial charge on any atom is -0.328 e. The van der Waals surface area contributed by atoms with E-state index in [1.807, 2.05) is 0 Å². The van der Waals surface area contributed by atoms with E-state index in [2.05, 4.69) is 30.0 Å². The minimum atomic E-state index is 0.181. The minimum absolute atomic E-state index is 0.181. The number of rotatable bonds is 1. The first-order valence-electron chi connectivity index (χ1n) is 7.82. The number of fused-ring (bicyclic) bond motifs is 1. The third-order valence-corrected chi connectivity index (χ3v) is 4.81. The second-order valence-electron chi connectivity index (χ2n) is 6.29.